The first kappa shape index (κ1) is 25.2. The van der Waals surface area contributed by atoms with Gasteiger partial charge in [0, 0.05) is 22.2 Å². The van der Waals surface area contributed by atoms with Crippen molar-refractivity contribution < 1.29 is 21.1 Å². The van der Waals surface area contributed by atoms with Gasteiger partial charge in [-0.2, -0.15) is 0 Å². The molecule has 6 aromatic rings. The van der Waals surface area contributed by atoms with Gasteiger partial charge < -0.3 is 9.13 Å². The summed E-state index contributed by atoms with van der Waals surface area (Å²) in [4.78, 5) is 10.3. The van der Waals surface area contributed by atoms with Gasteiger partial charge in [-0.1, -0.05) is 112 Å². The summed E-state index contributed by atoms with van der Waals surface area (Å²) in [6.45, 7) is 9.01. The number of hydrogen-bond donors (Lipinski definition) is 0. The molecule has 6 rings (SSSR count). The summed E-state index contributed by atoms with van der Waals surface area (Å²) < 4.78 is 4.07. The molecule has 4 heterocycles. The topological polar surface area (TPSA) is 35.6 Å². The maximum Gasteiger partial charge on any atom is 2.00 e. The molecule has 0 aliphatic rings. The fourth-order valence-electron chi connectivity index (χ4n) is 4.84. The zero-order valence-electron chi connectivity index (χ0n) is 21.3. The van der Waals surface area contributed by atoms with Crippen molar-refractivity contribution in [3.05, 3.63) is 121 Å². The normalized spacial score (nSPS) is 12.1. The van der Waals surface area contributed by atoms with Gasteiger partial charge in [0.1, 0.15) is 0 Å². The van der Waals surface area contributed by atoms with Crippen molar-refractivity contribution in [2.75, 3.05) is 0 Å². The van der Waals surface area contributed by atoms with Crippen LogP contribution in [0.5, 0.6) is 0 Å². The molecule has 0 N–H and O–H groups in total. The first-order valence-corrected chi connectivity index (χ1v) is 12.3. The van der Waals surface area contributed by atoms with Crippen LogP contribution in [-0.4, -0.2) is 19.1 Å². The molecule has 5 heteroatoms. The van der Waals surface area contributed by atoms with Crippen molar-refractivity contribution in [1.82, 2.24) is 19.1 Å². The minimum Gasteiger partial charge on any atom is -0.429 e. The molecule has 0 unspecified atom stereocenters. The SMILES string of the molecule is CC(C)(c1cccc(-n2[c-]cc3ccccc32)n1)C(C)(C)c1cccc(-n2[c-]cc3ccccc32)n1.[Pt+2]. The molecule has 0 amide bonds. The Bertz CT molecular complexity index is 1580. The summed E-state index contributed by atoms with van der Waals surface area (Å²) >= 11 is 0. The third-order valence-electron chi connectivity index (χ3n) is 7.82. The van der Waals surface area contributed by atoms with Gasteiger partial charge >= 0.3 is 21.1 Å². The minimum atomic E-state index is -0.305. The molecule has 0 spiro atoms. The zero-order valence-corrected chi connectivity index (χ0v) is 23.6. The zero-order chi connectivity index (χ0) is 24.9. The Morgan fingerprint density at radius 3 is 1.38 bits per heavy atom. The molecule has 0 aliphatic heterocycles. The molecule has 186 valence electrons. The Morgan fingerprint density at radius 1 is 0.541 bits per heavy atom. The van der Waals surface area contributed by atoms with Crippen molar-refractivity contribution in [1.29, 1.82) is 0 Å². The molecule has 2 aromatic carbocycles. The van der Waals surface area contributed by atoms with Crippen LogP contribution < -0.4 is 0 Å². The van der Waals surface area contributed by atoms with E-state index < -0.39 is 0 Å². The first-order chi connectivity index (χ1) is 17.4. The number of nitrogens with zero attached hydrogens (tertiary/aromatic N) is 4. The molecule has 0 radical (unpaired) electrons. The van der Waals surface area contributed by atoms with E-state index in [0.717, 1.165) is 44.8 Å². The first-order valence-electron chi connectivity index (χ1n) is 12.3. The predicted octanol–water partition coefficient (Wildman–Crippen LogP) is 7.22. The van der Waals surface area contributed by atoms with E-state index in [0.29, 0.717) is 0 Å². The Labute approximate surface area is 232 Å². The molecule has 0 bridgehead atoms. The monoisotopic (exact) mass is 663 g/mol. The third kappa shape index (κ3) is 4.14. The molecule has 0 saturated carbocycles. The van der Waals surface area contributed by atoms with E-state index in [2.05, 4.69) is 88.6 Å². The third-order valence-corrected chi connectivity index (χ3v) is 7.82. The smallest absolute Gasteiger partial charge is 0.429 e. The minimum absolute atomic E-state index is 0. The van der Waals surface area contributed by atoms with E-state index in [4.69, 9.17) is 9.97 Å². The number of rotatable bonds is 5. The van der Waals surface area contributed by atoms with Gasteiger partial charge in [-0.15, -0.1) is 35.0 Å². The second-order valence-electron chi connectivity index (χ2n) is 10.3. The summed E-state index contributed by atoms with van der Waals surface area (Å²) in [6.07, 6.45) is 6.70. The largest absolute Gasteiger partial charge is 2.00 e. The summed E-state index contributed by atoms with van der Waals surface area (Å²) in [7, 11) is 0. The summed E-state index contributed by atoms with van der Waals surface area (Å²) in [5.74, 6) is 1.74. The van der Waals surface area contributed by atoms with Crippen LogP contribution in [-0.2, 0) is 31.9 Å². The van der Waals surface area contributed by atoms with Crippen molar-refractivity contribution >= 4 is 21.8 Å². The van der Waals surface area contributed by atoms with Gasteiger partial charge in [0.2, 0.25) is 0 Å². The molecule has 0 saturated heterocycles. The molecule has 4 nitrogen and oxygen atoms in total. The number of para-hydroxylation sites is 2. The van der Waals surface area contributed by atoms with Gasteiger partial charge in [-0.3, -0.25) is 9.97 Å². The van der Waals surface area contributed by atoms with E-state index in [9.17, 15) is 0 Å². The fourth-order valence-corrected chi connectivity index (χ4v) is 4.84. The van der Waals surface area contributed by atoms with Crippen LogP contribution in [0.4, 0.5) is 0 Å². The second-order valence-corrected chi connectivity index (χ2v) is 10.3. The molecule has 4 aromatic heterocycles. The average molecular weight is 664 g/mol. The Balaban J connectivity index is 0.00000280. The van der Waals surface area contributed by atoms with E-state index in [1.807, 2.05) is 57.7 Å². The number of aromatic nitrogens is 4. The second kappa shape index (κ2) is 9.43. The van der Waals surface area contributed by atoms with Gasteiger partial charge in [0.15, 0.2) is 0 Å². The summed E-state index contributed by atoms with van der Waals surface area (Å²) in [5.41, 5.74) is 3.62. The molecule has 0 atom stereocenters. The Morgan fingerprint density at radius 2 is 0.946 bits per heavy atom. The van der Waals surface area contributed by atoms with Gasteiger partial charge in [-0.05, 0) is 12.1 Å². The van der Waals surface area contributed by atoms with E-state index in [-0.39, 0.29) is 31.9 Å². The van der Waals surface area contributed by atoms with Crippen LogP contribution in [0.1, 0.15) is 39.1 Å². The standard InChI is InChI=1S/C32H28N4.Pt/c1-31(2,27-15-9-17-29(33-27)35-21-19-23-11-5-7-13-25(23)35)32(3,4)28-16-10-18-30(34-28)36-22-20-24-12-6-8-14-26(24)36;/h5-20H,1-4H3;/q-2;+2. The van der Waals surface area contributed by atoms with Crippen LogP contribution in [0.3, 0.4) is 0 Å². The van der Waals surface area contributed by atoms with Gasteiger partial charge in [0.05, 0.1) is 11.6 Å². The Hall–Kier alpha value is -3.49. The van der Waals surface area contributed by atoms with Crippen LogP contribution in [0.2, 0.25) is 0 Å². The van der Waals surface area contributed by atoms with Gasteiger partial charge in [0.25, 0.3) is 0 Å². The number of hydrogen-bond acceptors (Lipinski definition) is 2. The number of benzene rings is 2. The van der Waals surface area contributed by atoms with E-state index in [1.54, 1.807) is 0 Å². The number of pyridine rings is 2. The van der Waals surface area contributed by atoms with Crippen LogP contribution in [0.25, 0.3) is 33.4 Å². The van der Waals surface area contributed by atoms with E-state index in [1.165, 1.54) is 0 Å². The van der Waals surface area contributed by atoms with Crippen molar-refractivity contribution in [2.24, 2.45) is 0 Å². The van der Waals surface area contributed by atoms with Crippen molar-refractivity contribution in [2.45, 2.75) is 38.5 Å². The summed E-state index contributed by atoms with van der Waals surface area (Å²) in [5, 5.41) is 2.30. The average Bonchev–Trinajstić information content (AvgIpc) is 3.53. The van der Waals surface area contributed by atoms with Crippen LogP contribution in [0, 0.1) is 12.4 Å². The molecule has 0 aliphatic carbocycles. The molecular weight excluding hydrogens is 635 g/mol. The van der Waals surface area contributed by atoms with Crippen molar-refractivity contribution in [3.8, 4) is 11.6 Å². The molecule has 37 heavy (non-hydrogen) atoms. The maximum atomic E-state index is 5.13. The quantitative estimate of drug-likeness (QED) is 0.183. The van der Waals surface area contributed by atoms with Crippen LogP contribution >= 0.6 is 0 Å². The van der Waals surface area contributed by atoms with E-state index >= 15 is 0 Å². The molecule has 0 fully saturated rings. The fraction of sp³-hybridized carbons (Fsp3) is 0.188. The predicted molar refractivity (Wildman–Crippen MR) is 146 cm³/mol. The summed E-state index contributed by atoms with van der Waals surface area (Å²) in [6, 6.07) is 33.1. The molecular formula is C32H28N4Pt. The number of fused-ring (bicyclic) bond motifs is 2. The van der Waals surface area contributed by atoms with Gasteiger partial charge in [-0.25, -0.2) is 0 Å². The maximum absolute atomic E-state index is 5.13. The van der Waals surface area contributed by atoms with Crippen molar-refractivity contribution in [3.63, 3.8) is 0 Å². The Kier molecular flexibility index (Phi) is 6.41. The van der Waals surface area contributed by atoms with Crippen LogP contribution in [0.15, 0.2) is 97.1 Å².